The maximum atomic E-state index is 6.06. The highest BCUT2D eigenvalue weighted by Crippen LogP contribution is 2.51. The number of hydrogen-bond donors (Lipinski definition) is 0. The first-order chi connectivity index (χ1) is 20.4. The molecule has 0 unspecified atom stereocenters. The molecule has 210 valence electrons. The van der Waals surface area contributed by atoms with Crippen LogP contribution in [0.15, 0.2) is 106 Å². The fourth-order valence-corrected chi connectivity index (χ4v) is 7.04. The molecule has 0 aliphatic heterocycles. The summed E-state index contributed by atoms with van der Waals surface area (Å²) in [5.41, 5.74) is 9.43. The van der Waals surface area contributed by atoms with Crippen molar-refractivity contribution in [2.24, 2.45) is 0 Å². The molecule has 6 aromatic carbocycles. The predicted octanol–water partition coefficient (Wildman–Crippen LogP) is 11.7. The Labute approximate surface area is 264 Å². The maximum Gasteiger partial charge on any atom is 0.141 e. The first-order valence-electron chi connectivity index (χ1n) is 14.2. The van der Waals surface area contributed by atoms with Crippen molar-refractivity contribution in [2.75, 3.05) is 14.2 Å². The molecular formula is C38H32Br2O2. The predicted molar refractivity (Wildman–Crippen MR) is 185 cm³/mol. The van der Waals surface area contributed by atoms with Gasteiger partial charge in [-0.05, 0) is 124 Å². The van der Waals surface area contributed by atoms with Gasteiger partial charge in [-0.15, -0.1) is 0 Å². The minimum atomic E-state index is 0.777. The third kappa shape index (κ3) is 5.12. The van der Waals surface area contributed by atoms with Crippen LogP contribution in [-0.4, -0.2) is 14.2 Å². The van der Waals surface area contributed by atoms with Crippen molar-refractivity contribution in [3.05, 3.63) is 117 Å². The summed E-state index contributed by atoms with van der Waals surface area (Å²) in [5, 5.41) is 4.44. The molecule has 0 atom stereocenters. The average Bonchev–Trinajstić information content (AvgIpc) is 3.03. The summed E-state index contributed by atoms with van der Waals surface area (Å²) in [6.07, 6.45) is 2.06. The van der Waals surface area contributed by atoms with Gasteiger partial charge < -0.3 is 9.47 Å². The van der Waals surface area contributed by atoms with Gasteiger partial charge in [-0.3, -0.25) is 0 Å². The second-order valence-corrected chi connectivity index (χ2v) is 12.2. The standard InChI is InChI=1S/C38H32Br2O2/c1-5-23-7-11-25(12-8-23)27-15-17-31-29(19-27)21-33(39)37(41-3)35(31)36-32-18-16-28(26-13-9-24(6-2)10-14-26)20-30(32)22-34(40)38(36)42-4/h7-22H,5-6H2,1-4H3. The van der Waals surface area contributed by atoms with E-state index in [1.165, 1.54) is 33.4 Å². The van der Waals surface area contributed by atoms with Crippen LogP contribution >= 0.6 is 31.9 Å². The van der Waals surface area contributed by atoms with Gasteiger partial charge in [0.1, 0.15) is 11.5 Å². The van der Waals surface area contributed by atoms with Gasteiger partial charge in [0.25, 0.3) is 0 Å². The van der Waals surface area contributed by atoms with Crippen LogP contribution in [0.1, 0.15) is 25.0 Å². The Bertz CT molecular complexity index is 1780. The zero-order valence-electron chi connectivity index (χ0n) is 24.2. The summed E-state index contributed by atoms with van der Waals surface area (Å²) in [6.45, 7) is 4.36. The SMILES string of the molecule is CCc1ccc(-c2ccc3c(-c4c(OC)c(Br)cc5cc(-c6ccc(CC)cc6)ccc45)c(OC)c(Br)cc3c2)cc1. The van der Waals surface area contributed by atoms with Gasteiger partial charge in [0, 0.05) is 11.1 Å². The molecule has 0 radical (unpaired) electrons. The van der Waals surface area contributed by atoms with E-state index in [-0.39, 0.29) is 0 Å². The van der Waals surface area contributed by atoms with Crippen molar-refractivity contribution < 1.29 is 9.47 Å². The summed E-state index contributed by atoms with van der Waals surface area (Å²) in [6, 6.07) is 35.3. The molecule has 0 aromatic heterocycles. The Morgan fingerprint density at radius 3 is 1.17 bits per heavy atom. The van der Waals surface area contributed by atoms with Crippen molar-refractivity contribution >= 4 is 53.4 Å². The monoisotopic (exact) mass is 678 g/mol. The zero-order chi connectivity index (χ0) is 29.4. The Hall–Kier alpha value is -3.60. The number of ether oxygens (including phenoxy) is 2. The van der Waals surface area contributed by atoms with Crippen molar-refractivity contribution in [1.29, 1.82) is 0 Å². The molecule has 0 aliphatic carbocycles. The molecule has 0 aliphatic rings. The van der Waals surface area contributed by atoms with Crippen molar-refractivity contribution in [2.45, 2.75) is 26.7 Å². The van der Waals surface area contributed by atoms with E-state index in [9.17, 15) is 0 Å². The third-order valence-corrected chi connectivity index (χ3v) is 9.32. The summed E-state index contributed by atoms with van der Waals surface area (Å²) >= 11 is 7.66. The van der Waals surface area contributed by atoms with Crippen LogP contribution in [0.3, 0.4) is 0 Å². The van der Waals surface area contributed by atoms with E-state index in [4.69, 9.17) is 9.47 Å². The number of fused-ring (bicyclic) bond motifs is 2. The van der Waals surface area contributed by atoms with E-state index in [2.05, 4.69) is 143 Å². The van der Waals surface area contributed by atoms with Crippen LogP contribution in [0.4, 0.5) is 0 Å². The van der Waals surface area contributed by atoms with Crippen molar-refractivity contribution in [1.82, 2.24) is 0 Å². The molecule has 0 N–H and O–H groups in total. The molecule has 0 spiro atoms. The van der Waals surface area contributed by atoms with Crippen molar-refractivity contribution in [3.63, 3.8) is 0 Å². The Kier molecular flexibility index (Phi) is 8.11. The summed E-state index contributed by atoms with van der Waals surface area (Å²) < 4.78 is 13.9. The lowest BCUT2D eigenvalue weighted by Gasteiger charge is -2.20. The van der Waals surface area contributed by atoms with E-state index in [1.807, 2.05) is 0 Å². The van der Waals surface area contributed by atoms with Gasteiger partial charge in [-0.1, -0.05) is 86.6 Å². The molecule has 0 fully saturated rings. The van der Waals surface area contributed by atoms with E-state index in [0.29, 0.717) is 0 Å². The fraction of sp³-hybridized carbons (Fsp3) is 0.158. The quantitative estimate of drug-likeness (QED) is 0.167. The number of benzene rings is 6. The van der Waals surface area contributed by atoms with Crippen LogP contribution < -0.4 is 9.47 Å². The summed E-state index contributed by atoms with van der Waals surface area (Å²) in [4.78, 5) is 0. The number of methoxy groups -OCH3 is 2. The highest BCUT2D eigenvalue weighted by Gasteiger charge is 2.23. The van der Waals surface area contributed by atoms with E-state index in [0.717, 1.165) is 66.0 Å². The summed E-state index contributed by atoms with van der Waals surface area (Å²) in [5.74, 6) is 1.55. The van der Waals surface area contributed by atoms with Crippen LogP contribution in [-0.2, 0) is 12.8 Å². The molecule has 4 heteroatoms. The Balaban J connectivity index is 1.60. The number of aryl methyl sites for hydroxylation is 2. The van der Waals surface area contributed by atoms with Crippen LogP contribution in [0.5, 0.6) is 11.5 Å². The molecule has 0 saturated heterocycles. The normalized spacial score (nSPS) is 11.3. The lowest BCUT2D eigenvalue weighted by molar-refractivity contribution is 0.408. The zero-order valence-corrected chi connectivity index (χ0v) is 27.4. The minimum absolute atomic E-state index is 0.777. The van der Waals surface area contributed by atoms with Crippen LogP contribution in [0.25, 0.3) is 54.9 Å². The van der Waals surface area contributed by atoms with Gasteiger partial charge in [-0.2, -0.15) is 0 Å². The second kappa shape index (κ2) is 11.9. The smallest absolute Gasteiger partial charge is 0.141 e. The third-order valence-electron chi connectivity index (χ3n) is 8.14. The van der Waals surface area contributed by atoms with Gasteiger partial charge in [0.05, 0.1) is 23.2 Å². The van der Waals surface area contributed by atoms with Crippen LogP contribution in [0, 0.1) is 0 Å². The lowest BCUT2D eigenvalue weighted by Crippen LogP contribution is -1.97. The van der Waals surface area contributed by atoms with E-state index >= 15 is 0 Å². The Morgan fingerprint density at radius 2 is 0.833 bits per heavy atom. The molecular weight excluding hydrogens is 648 g/mol. The molecule has 0 bridgehead atoms. The molecule has 42 heavy (non-hydrogen) atoms. The maximum absolute atomic E-state index is 6.06. The van der Waals surface area contributed by atoms with Gasteiger partial charge in [0.15, 0.2) is 0 Å². The van der Waals surface area contributed by atoms with Gasteiger partial charge in [-0.25, -0.2) is 0 Å². The minimum Gasteiger partial charge on any atom is -0.495 e. The van der Waals surface area contributed by atoms with Gasteiger partial charge >= 0.3 is 0 Å². The summed E-state index contributed by atoms with van der Waals surface area (Å²) in [7, 11) is 3.45. The highest BCUT2D eigenvalue weighted by atomic mass is 79.9. The number of halogens is 2. The topological polar surface area (TPSA) is 18.5 Å². The lowest BCUT2D eigenvalue weighted by atomic mass is 9.89. The molecule has 0 heterocycles. The van der Waals surface area contributed by atoms with Crippen LogP contribution in [0.2, 0.25) is 0 Å². The molecule has 6 aromatic rings. The highest BCUT2D eigenvalue weighted by molar-refractivity contribution is 9.11. The first-order valence-corrected chi connectivity index (χ1v) is 15.8. The first kappa shape index (κ1) is 28.5. The largest absolute Gasteiger partial charge is 0.495 e. The van der Waals surface area contributed by atoms with E-state index < -0.39 is 0 Å². The van der Waals surface area contributed by atoms with Gasteiger partial charge in [0.2, 0.25) is 0 Å². The average molecular weight is 680 g/mol. The number of rotatable bonds is 7. The molecule has 6 rings (SSSR count). The second-order valence-electron chi connectivity index (χ2n) is 10.5. The van der Waals surface area contributed by atoms with E-state index in [1.54, 1.807) is 14.2 Å². The molecule has 0 amide bonds. The Morgan fingerprint density at radius 1 is 0.476 bits per heavy atom. The van der Waals surface area contributed by atoms with Crippen molar-refractivity contribution in [3.8, 4) is 44.9 Å². The molecule has 2 nitrogen and oxygen atoms in total. The fourth-order valence-electron chi connectivity index (χ4n) is 5.83. The number of hydrogen-bond acceptors (Lipinski definition) is 2. The molecule has 0 saturated carbocycles.